The molecule has 0 aliphatic rings. The summed E-state index contributed by atoms with van der Waals surface area (Å²) in [5.41, 5.74) is 2.45. The molecule has 4 rings (SSSR count). The van der Waals surface area contributed by atoms with E-state index in [4.69, 9.17) is 0 Å². The van der Waals surface area contributed by atoms with Gasteiger partial charge in [0.1, 0.15) is 0 Å². The van der Waals surface area contributed by atoms with Gasteiger partial charge in [0.15, 0.2) is 11.2 Å². The van der Waals surface area contributed by atoms with Gasteiger partial charge < -0.3 is 0 Å². The van der Waals surface area contributed by atoms with Crippen molar-refractivity contribution in [2.24, 2.45) is 14.1 Å². The van der Waals surface area contributed by atoms with Gasteiger partial charge in [-0.3, -0.25) is 13.9 Å². The number of aryl methyl sites for hydroxylation is 1. The molecule has 0 radical (unpaired) electrons. The molecule has 0 bridgehead atoms. The van der Waals surface area contributed by atoms with Crippen LogP contribution in [-0.4, -0.2) is 24.1 Å². The van der Waals surface area contributed by atoms with E-state index in [0.29, 0.717) is 5.69 Å². The second kappa shape index (κ2) is 5.55. The summed E-state index contributed by atoms with van der Waals surface area (Å²) in [6, 6.07) is 17.7. The van der Waals surface area contributed by atoms with Crippen molar-refractivity contribution in [2.75, 3.05) is 0 Å². The highest BCUT2D eigenvalue weighted by Crippen LogP contribution is 2.20. The highest BCUT2D eigenvalue weighted by molar-refractivity contribution is 5.69. The third-order valence-corrected chi connectivity index (χ3v) is 4.20. The van der Waals surface area contributed by atoms with Crippen molar-refractivity contribution in [3.63, 3.8) is 0 Å². The molecular formula is C18H15N5O2. The molecule has 7 heteroatoms. The van der Waals surface area contributed by atoms with Crippen molar-refractivity contribution in [3.8, 4) is 16.8 Å². The van der Waals surface area contributed by atoms with E-state index < -0.39 is 11.2 Å². The highest BCUT2D eigenvalue weighted by Gasteiger charge is 2.14. The average Bonchev–Trinajstić information content (AvgIpc) is 3.11. The fourth-order valence-electron chi connectivity index (χ4n) is 2.76. The number of rotatable bonds is 2. The predicted octanol–water partition coefficient (Wildman–Crippen LogP) is 1.48. The van der Waals surface area contributed by atoms with Crippen molar-refractivity contribution >= 4 is 11.2 Å². The van der Waals surface area contributed by atoms with E-state index in [9.17, 15) is 9.59 Å². The number of nitrogens with zero attached hydrogens (tertiary/aromatic N) is 5. The number of aromatic nitrogens is 5. The Morgan fingerprint density at radius 2 is 1.40 bits per heavy atom. The molecule has 2 aromatic carbocycles. The van der Waals surface area contributed by atoms with E-state index in [1.165, 1.54) is 16.4 Å². The number of benzene rings is 2. The molecule has 4 aromatic rings. The lowest BCUT2D eigenvalue weighted by molar-refractivity contribution is 0.705. The fourth-order valence-corrected chi connectivity index (χ4v) is 2.76. The molecule has 2 aromatic heterocycles. The Balaban J connectivity index is 1.83. The third-order valence-electron chi connectivity index (χ3n) is 4.20. The van der Waals surface area contributed by atoms with Gasteiger partial charge in [-0.2, -0.15) is 0 Å². The second-order valence-corrected chi connectivity index (χ2v) is 5.78. The maximum absolute atomic E-state index is 12.2. The van der Waals surface area contributed by atoms with Crippen LogP contribution in [-0.2, 0) is 14.1 Å². The molecule has 0 aliphatic heterocycles. The zero-order valence-corrected chi connectivity index (χ0v) is 13.7. The minimum absolute atomic E-state index is 0.164. The lowest BCUT2D eigenvalue weighted by atomic mass is 10.1. The van der Waals surface area contributed by atoms with E-state index >= 15 is 0 Å². The lowest BCUT2D eigenvalue weighted by Crippen LogP contribution is -2.36. The van der Waals surface area contributed by atoms with Gasteiger partial charge in [-0.15, -0.1) is 15.0 Å². The molecule has 0 amide bonds. The summed E-state index contributed by atoms with van der Waals surface area (Å²) in [5.74, 6) is 0. The van der Waals surface area contributed by atoms with Crippen LogP contribution in [0.15, 0.2) is 64.2 Å². The van der Waals surface area contributed by atoms with Crippen LogP contribution in [0.25, 0.3) is 28.0 Å². The summed E-state index contributed by atoms with van der Waals surface area (Å²) in [4.78, 5) is 25.6. The minimum Gasteiger partial charge on any atom is -0.278 e. The molecule has 0 aliphatic carbocycles. The molecule has 7 nitrogen and oxygen atoms in total. The van der Waals surface area contributed by atoms with Crippen LogP contribution in [0.4, 0.5) is 0 Å². The van der Waals surface area contributed by atoms with Gasteiger partial charge in [0.25, 0.3) is 5.56 Å². The van der Waals surface area contributed by atoms with Crippen LogP contribution in [0, 0.1) is 0 Å². The van der Waals surface area contributed by atoms with Crippen molar-refractivity contribution in [1.29, 1.82) is 0 Å². The Hall–Kier alpha value is -3.48. The number of hydrogen-bond donors (Lipinski definition) is 0. The molecule has 0 spiro atoms. The van der Waals surface area contributed by atoms with Crippen molar-refractivity contribution in [2.45, 2.75) is 0 Å². The van der Waals surface area contributed by atoms with E-state index in [0.717, 1.165) is 15.7 Å². The molecule has 0 saturated carbocycles. The number of hydrogen-bond acceptors (Lipinski definition) is 4. The molecular weight excluding hydrogens is 318 g/mol. The highest BCUT2D eigenvalue weighted by atomic mass is 16.2. The van der Waals surface area contributed by atoms with Crippen molar-refractivity contribution < 1.29 is 0 Å². The summed E-state index contributed by atoms with van der Waals surface area (Å²) in [5, 5.41) is 8.56. The first-order valence-electron chi connectivity index (χ1n) is 7.75. The van der Waals surface area contributed by atoms with Gasteiger partial charge in [-0.05, 0) is 23.3 Å². The molecule has 0 fully saturated rings. The molecule has 0 atom stereocenters. The molecule has 0 N–H and O–H groups in total. The molecule has 0 unspecified atom stereocenters. The average molecular weight is 333 g/mol. The van der Waals surface area contributed by atoms with E-state index in [1.54, 1.807) is 7.05 Å². The molecule has 25 heavy (non-hydrogen) atoms. The Morgan fingerprint density at radius 1 is 0.760 bits per heavy atom. The Bertz CT molecular complexity index is 1180. The first kappa shape index (κ1) is 15.1. The smallest absolute Gasteiger partial charge is 0.278 e. The van der Waals surface area contributed by atoms with Crippen LogP contribution in [0.3, 0.4) is 0 Å². The molecule has 2 heterocycles. The molecule has 0 saturated heterocycles. The van der Waals surface area contributed by atoms with Gasteiger partial charge in [-0.25, -0.2) is 4.79 Å². The van der Waals surface area contributed by atoms with Crippen LogP contribution in [0.5, 0.6) is 0 Å². The quantitative estimate of drug-likeness (QED) is 0.557. The van der Waals surface area contributed by atoms with Crippen molar-refractivity contribution in [1.82, 2.24) is 24.1 Å². The third kappa shape index (κ3) is 2.37. The summed E-state index contributed by atoms with van der Waals surface area (Å²) in [7, 11) is 3.00. The first-order chi connectivity index (χ1) is 12.1. The Kier molecular flexibility index (Phi) is 3.35. The summed E-state index contributed by atoms with van der Waals surface area (Å²) >= 11 is 0. The summed E-state index contributed by atoms with van der Waals surface area (Å²) in [6.45, 7) is 0. The Labute approximate surface area is 142 Å². The van der Waals surface area contributed by atoms with Crippen LogP contribution >= 0.6 is 0 Å². The standard InChI is InChI=1S/C18H15N5O2/c1-21-16-15(17(24)22(2)18(21)25)19-23(20-16)14-10-8-13(9-11-14)12-6-4-3-5-7-12/h3-11H,1-2H3. The topological polar surface area (TPSA) is 74.7 Å². The van der Waals surface area contributed by atoms with Crippen LogP contribution in [0.2, 0.25) is 0 Å². The SMILES string of the molecule is Cn1c(=O)c2nn(-c3ccc(-c4ccccc4)cc3)nc2n(C)c1=O. The van der Waals surface area contributed by atoms with Crippen LogP contribution < -0.4 is 11.2 Å². The zero-order valence-electron chi connectivity index (χ0n) is 13.7. The monoisotopic (exact) mass is 333 g/mol. The normalized spacial score (nSPS) is 11.1. The van der Waals surface area contributed by atoms with Gasteiger partial charge in [-0.1, -0.05) is 42.5 Å². The maximum Gasteiger partial charge on any atom is 0.332 e. The van der Waals surface area contributed by atoms with Gasteiger partial charge in [0.2, 0.25) is 0 Å². The fraction of sp³-hybridized carbons (Fsp3) is 0.111. The van der Waals surface area contributed by atoms with Gasteiger partial charge in [0.05, 0.1) is 5.69 Å². The largest absolute Gasteiger partial charge is 0.332 e. The Morgan fingerprint density at radius 3 is 2.08 bits per heavy atom. The van der Waals surface area contributed by atoms with Gasteiger partial charge in [0, 0.05) is 14.1 Å². The summed E-state index contributed by atoms with van der Waals surface area (Å²) in [6.07, 6.45) is 0. The predicted molar refractivity (Wildman–Crippen MR) is 94.8 cm³/mol. The molecule has 124 valence electrons. The minimum atomic E-state index is -0.453. The van der Waals surface area contributed by atoms with E-state index in [2.05, 4.69) is 10.2 Å². The van der Waals surface area contributed by atoms with Gasteiger partial charge >= 0.3 is 5.69 Å². The first-order valence-corrected chi connectivity index (χ1v) is 7.75. The lowest BCUT2D eigenvalue weighted by Gasteiger charge is -2.03. The van der Waals surface area contributed by atoms with E-state index in [-0.39, 0.29) is 11.2 Å². The van der Waals surface area contributed by atoms with E-state index in [1.807, 2.05) is 54.6 Å². The van der Waals surface area contributed by atoms with Crippen LogP contribution in [0.1, 0.15) is 0 Å². The van der Waals surface area contributed by atoms with Crippen molar-refractivity contribution in [3.05, 3.63) is 75.4 Å². The maximum atomic E-state index is 12.2. The number of fused-ring (bicyclic) bond motifs is 1. The second-order valence-electron chi connectivity index (χ2n) is 5.78. The summed E-state index contributed by atoms with van der Waals surface area (Å²) < 4.78 is 2.35. The zero-order chi connectivity index (χ0) is 17.6.